The minimum Gasteiger partial charge on any atom is -0.377 e. The van der Waals surface area contributed by atoms with Crippen molar-refractivity contribution in [1.29, 1.82) is 0 Å². The normalized spacial score (nSPS) is 23.4. The van der Waals surface area contributed by atoms with Crippen LogP contribution in [0.5, 0.6) is 0 Å². The van der Waals surface area contributed by atoms with E-state index in [4.69, 9.17) is 4.74 Å². The Labute approximate surface area is 99.8 Å². The summed E-state index contributed by atoms with van der Waals surface area (Å²) in [5.41, 5.74) is 1.27. The van der Waals surface area contributed by atoms with Gasteiger partial charge in [-0.25, -0.2) is 0 Å². The van der Waals surface area contributed by atoms with Crippen molar-refractivity contribution >= 4 is 0 Å². The number of hydrogen-bond donors (Lipinski definition) is 1. The fourth-order valence-corrected chi connectivity index (χ4v) is 1.94. The lowest BCUT2D eigenvalue weighted by Gasteiger charge is -2.23. The first kappa shape index (κ1) is 13.7. The van der Waals surface area contributed by atoms with Gasteiger partial charge in [0.05, 0.1) is 6.10 Å². The molecule has 94 valence electrons. The maximum atomic E-state index is 5.63. The molecule has 3 heteroatoms. The zero-order valence-electron chi connectivity index (χ0n) is 11.0. The molecule has 1 unspecified atom stereocenters. The molecule has 0 saturated carbocycles. The summed E-state index contributed by atoms with van der Waals surface area (Å²) in [5, 5.41) is 3.40. The molecular weight excluding hydrogens is 200 g/mol. The highest BCUT2D eigenvalue weighted by Crippen LogP contribution is 2.07. The third-order valence-corrected chi connectivity index (χ3v) is 2.74. The topological polar surface area (TPSA) is 24.5 Å². The van der Waals surface area contributed by atoms with Crippen LogP contribution in [0.4, 0.5) is 0 Å². The summed E-state index contributed by atoms with van der Waals surface area (Å²) in [6, 6.07) is 0.531. The number of nitrogens with one attached hydrogen (secondary N) is 1. The fourth-order valence-electron chi connectivity index (χ4n) is 1.94. The molecule has 0 bridgehead atoms. The van der Waals surface area contributed by atoms with Crippen molar-refractivity contribution in [2.24, 2.45) is 0 Å². The molecule has 0 aliphatic carbocycles. The van der Waals surface area contributed by atoms with Gasteiger partial charge in [-0.15, -0.1) is 0 Å². The molecule has 0 amide bonds. The molecule has 1 saturated heterocycles. The summed E-state index contributed by atoms with van der Waals surface area (Å²) in [4.78, 5) is 2.45. The Kier molecular flexibility index (Phi) is 6.03. The third-order valence-electron chi connectivity index (χ3n) is 2.74. The van der Waals surface area contributed by atoms with Crippen molar-refractivity contribution < 1.29 is 4.74 Å². The molecule has 0 radical (unpaired) electrons. The molecule has 0 aromatic heterocycles. The van der Waals surface area contributed by atoms with Gasteiger partial charge in [-0.1, -0.05) is 20.4 Å². The van der Waals surface area contributed by atoms with Crippen LogP contribution in [0.1, 0.15) is 27.2 Å². The second-order valence-corrected chi connectivity index (χ2v) is 5.06. The van der Waals surface area contributed by atoms with E-state index >= 15 is 0 Å². The second kappa shape index (κ2) is 7.05. The van der Waals surface area contributed by atoms with E-state index in [1.54, 1.807) is 0 Å². The summed E-state index contributed by atoms with van der Waals surface area (Å²) in [5.74, 6) is 0. The van der Waals surface area contributed by atoms with Gasteiger partial charge in [0.2, 0.25) is 0 Å². The fraction of sp³-hybridized carbons (Fsp3) is 0.846. The third kappa shape index (κ3) is 5.64. The first-order valence-electron chi connectivity index (χ1n) is 6.32. The summed E-state index contributed by atoms with van der Waals surface area (Å²) < 4.78 is 5.63. The SMILES string of the molecule is C=C(CNC(C)C)CN1CCCOC(C)C1. The summed E-state index contributed by atoms with van der Waals surface area (Å²) in [6.07, 6.45) is 1.49. The minimum absolute atomic E-state index is 0.355. The van der Waals surface area contributed by atoms with Crippen LogP contribution < -0.4 is 5.32 Å². The van der Waals surface area contributed by atoms with Gasteiger partial charge in [-0.05, 0) is 18.9 Å². The maximum absolute atomic E-state index is 5.63. The molecule has 1 atom stereocenters. The zero-order chi connectivity index (χ0) is 12.0. The van der Waals surface area contributed by atoms with Gasteiger partial charge in [0.25, 0.3) is 0 Å². The second-order valence-electron chi connectivity index (χ2n) is 5.06. The van der Waals surface area contributed by atoms with E-state index in [1.807, 2.05) is 0 Å². The Morgan fingerprint density at radius 1 is 1.56 bits per heavy atom. The Morgan fingerprint density at radius 2 is 2.31 bits per heavy atom. The molecule has 0 aromatic rings. The molecular formula is C13H26N2O. The summed E-state index contributed by atoms with van der Waals surface area (Å²) in [7, 11) is 0. The smallest absolute Gasteiger partial charge is 0.0674 e. The first-order chi connectivity index (χ1) is 7.58. The lowest BCUT2D eigenvalue weighted by atomic mass is 10.2. The van der Waals surface area contributed by atoms with Crippen LogP contribution in [0.2, 0.25) is 0 Å². The number of rotatable bonds is 5. The lowest BCUT2D eigenvalue weighted by Crippen LogP contribution is -2.34. The number of ether oxygens (including phenoxy) is 1. The van der Waals surface area contributed by atoms with Crippen LogP contribution in [-0.4, -0.2) is 49.8 Å². The van der Waals surface area contributed by atoms with E-state index in [2.05, 4.69) is 37.6 Å². The molecule has 1 heterocycles. The monoisotopic (exact) mass is 226 g/mol. The van der Waals surface area contributed by atoms with Gasteiger partial charge in [0.15, 0.2) is 0 Å². The van der Waals surface area contributed by atoms with Gasteiger partial charge in [-0.3, -0.25) is 4.90 Å². The Balaban J connectivity index is 2.26. The molecule has 0 spiro atoms. The summed E-state index contributed by atoms with van der Waals surface area (Å²) >= 11 is 0. The van der Waals surface area contributed by atoms with E-state index in [9.17, 15) is 0 Å². The van der Waals surface area contributed by atoms with Crippen LogP contribution in [0.25, 0.3) is 0 Å². The maximum Gasteiger partial charge on any atom is 0.0674 e. The lowest BCUT2D eigenvalue weighted by molar-refractivity contribution is 0.0689. The van der Waals surface area contributed by atoms with Crippen LogP contribution >= 0.6 is 0 Å². The quantitative estimate of drug-likeness (QED) is 0.721. The predicted molar refractivity (Wildman–Crippen MR) is 68.7 cm³/mol. The van der Waals surface area contributed by atoms with E-state index in [-0.39, 0.29) is 0 Å². The van der Waals surface area contributed by atoms with Crippen LogP contribution in [0.15, 0.2) is 12.2 Å². The number of hydrogen-bond acceptors (Lipinski definition) is 3. The van der Waals surface area contributed by atoms with Crippen molar-refractivity contribution in [3.63, 3.8) is 0 Å². The highest BCUT2D eigenvalue weighted by atomic mass is 16.5. The molecule has 16 heavy (non-hydrogen) atoms. The van der Waals surface area contributed by atoms with Gasteiger partial charge < -0.3 is 10.1 Å². The molecule has 3 nitrogen and oxygen atoms in total. The molecule has 1 rings (SSSR count). The van der Waals surface area contributed by atoms with Crippen molar-refractivity contribution in [2.45, 2.75) is 39.3 Å². The highest BCUT2D eigenvalue weighted by Gasteiger charge is 2.15. The van der Waals surface area contributed by atoms with Crippen molar-refractivity contribution in [2.75, 3.05) is 32.8 Å². The average molecular weight is 226 g/mol. The Hall–Kier alpha value is -0.380. The van der Waals surface area contributed by atoms with Gasteiger partial charge in [0.1, 0.15) is 0 Å². The van der Waals surface area contributed by atoms with E-state index in [0.717, 1.165) is 39.2 Å². The zero-order valence-corrected chi connectivity index (χ0v) is 11.0. The Morgan fingerprint density at radius 3 is 3.00 bits per heavy atom. The standard InChI is InChI=1S/C13H26N2O/c1-11(2)14-8-12(3)9-15-6-5-7-16-13(4)10-15/h11,13-14H,3,5-10H2,1-2,4H3. The van der Waals surface area contributed by atoms with Crippen LogP contribution in [0, 0.1) is 0 Å². The van der Waals surface area contributed by atoms with Crippen LogP contribution in [-0.2, 0) is 4.74 Å². The molecule has 1 aliphatic heterocycles. The van der Waals surface area contributed by atoms with Crippen molar-refractivity contribution in [3.05, 3.63) is 12.2 Å². The van der Waals surface area contributed by atoms with E-state index in [1.165, 1.54) is 5.57 Å². The van der Waals surface area contributed by atoms with E-state index in [0.29, 0.717) is 12.1 Å². The van der Waals surface area contributed by atoms with Gasteiger partial charge in [0, 0.05) is 38.8 Å². The average Bonchev–Trinajstić information content (AvgIpc) is 2.40. The van der Waals surface area contributed by atoms with Gasteiger partial charge in [-0.2, -0.15) is 0 Å². The summed E-state index contributed by atoms with van der Waals surface area (Å²) in [6.45, 7) is 15.6. The van der Waals surface area contributed by atoms with E-state index < -0.39 is 0 Å². The van der Waals surface area contributed by atoms with Crippen LogP contribution in [0.3, 0.4) is 0 Å². The molecule has 0 aromatic carbocycles. The highest BCUT2D eigenvalue weighted by molar-refractivity contribution is 5.00. The Bertz CT molecular complexity index is 216. The molecule has 1 fully saturated rings. The van der Waals surface area contributed by atoms with Gasteiger partial charge >= 0.3 is 0 Å². The molecule has 1 aliphatic rings. The predicted octanol–water partition coefficient (Wildman–Crippen LogP) is 1.65. The minimum atomic E-state index is 0.355. The van der Waals surface area contributed by atoms with Crippen molar-refractivity contribution in [3.8, 4) is 0 Å². The first-order valence-corrected chi connectivity index (χ1v) is 6.32. The largest absolute Gasteiger partial charge is 0.377 e. The number of nitrogens with zero attached hydrogens (tertiary/aromatic N) is 1. The van der Waals surface area contributed by atoms with Crippen molar-refractivity contribution in [1.82, 2.24) is 10.2 Å². The molecule has 1 N–H and O–H groups in total.